The summed E-state index contributed by atoms with van der Waals surface area (Å²) in [5.74, 6) is 1.87. The molecule has 194 valence electrons. The minimum Gasteiger partial charge on any atom is -0.439 e. The molecule has 2 aromatic rings. The number of nitrogens with zero attached hydrogens (tertiary/aromatic N) is 3. The summed E-state index contributed by atoms with van der Waals surface area (Å²) in [6.07, 6.45) is 5.07. The maximum atomic E-state index is 13.6. The number of piperidine rings is 1. The van der Waals surface area contributed by atoms with E-state index < -0.39 is 11.6 Å². The number of carbonyl (C=O) groups is 2. The molecule has 2 aliphatic rings. The van der Waals surface area contributed by atoms with Crippen LogP contribution in [0.4, 0.5) is 0 Å². The fourth-order valence-electron chi connectivity index (χ4n) is 5.23. The molecule has 2 atom stereocenters. The lowest BCUT2D eigenvalue weighted by molar-refractivity contribution is -0.163. The molecule has 4 rings (SSSR count). The van der Waals surface area contributed by atoms with Gasteiger partial charge in [-0.15, -0.1) is 0 Å². The first-order chi connectivity index (χ1) is 17.3. The van der Waals surface area contributed by atoms with Crippen molar-refractivity contribution >= 4 is 11.8 Å². The van der Waals surface area contributed by atoms with Gasteiger partial charge in [-0.25, -0.2) is 4.98 Å². The van der Waals surface area contributed by atoms with Crippen LogP contribution in [0.15, 0.2) is 48.7 Å². The summed E-state index contributed by atoms with van der Waals surface area (Å²) in [5.41, 5.74) is 0.367. The van der Waals surface area contributed by atoms with Gasteiger partial charge in [-0.3, -0.25) is 14.5 Å². The molecule has 1 N–H and O–H groups in total. The Bertz CT molecular complexity index is 1020. The third-order valence-electron chi connectivity index (χ3n) is 7.92. The van der Waals surface area contributed by atoms with Crippen LogP contribution in [0.5, 0.6) is 11.6 Å². The van der Waals surface area contributed by atoms with Crippen molar-refractivity contribution < 1.29 is 14.3 Å². The second-order valence-electron chi connectivity index (χ2n) is 10.6. The van der Waals surface area contributed by atoms with Crippen molar-refractivity contribution in [2.24, 2.45) is 11.8 Å². The molecule has 2 saturated heterocycles. The highest BCUT2D eigenvalue weighted by Gasteiger charge is 2.54. The van der Waals surface area contributed by atoms with E-state index in [4.69, 9.17) is 4.74 Å². The number of benzene rings is 1. The summed E-state index contributed by atoms with van der Waals surface area (Å²) in [5, 5.41) is 3.13. The number of likely N-dealkylation sites (tertiary alicyclic amines) is 1. The molecule has 2 amide bonds. The van der Waals surface area contributed by atoms with Crippen LogP contribution in [-0.4, -0.2) is 57.8 Å². The summed E-state index contributed by atoms with van der Waals surface area (Å²) >= 11 is 0. The molecule has 0 unspecified atom stereocenters. The normalized spacial score (nSPS) is 21.0. The molecule has 7 heteroatoms. The Balaban J connectivity index is 1.40. The molecule has 1 spiro atoms. The topological polar surface area (TPSA) is 74.8 Å². The molecule has 0 saturated carbocycles. The van der Waals surface area contributed by atoms with Crippen LogP contribution in [0.2, 0.25) is 0 Å². The summed E-state index contributed by atoms with van der Waals surface area (Å²) in [7, 11) is 0. The molecule has 0 aliphatic carbocycles. The van der Waals surface area contributed by atoms with Gasteiger partial charge in [-0.1, -0.05) is 58.4 Å². The smallest absolute Gasteiger partial charge is 0.246 e. The maximum Gasteiger partial charge on any atom is 0.246 e. The first-order valence-corrected chi connectivity index (χ1v) is 13.4. The van der Waals surface area contributed by atoms with Gasteiger partial charge in [-0.05, 0) is 48.8 Å². The number of amides is 2. The van der Waals surface area contributed by atoms with Crippen molar-refractivity contribution in [2.45, 2.75) is 71.5 Å². The lowest BCUT2D eigenvalue weighted by Gasteiger charge is -2.52. The molecular weight excluding hydrogens is 452 g/mol. The van der Waals surface area contributed by atoms with Crippen molar-refractivity contribution in [2.75, 3.05) is 19.6 Å². The van der Waals surface area contributed by atoms with Crippen LogP contribution in [0.1, 0.15) is 58.9 Å². The average molecular weight is 493 g/mol. The van der Waals surface area contributed by atoms with Crippen LogP contribution < -0.4 is 10.1 Å². The van der Waals surface area contributed by atoms with Crippen LogP contribution >= 0.6 is 0 Å². The molecule has 1 aromatic carbocycles. The fraction of sp³-hybridized carbons (Fsp3) is 0.552. The molecule has 7 nitrogen and oxygen atoms in total. The zero-order valence-corrected chi connectivity index (χ0v) is 22.1. The van der Waals surface area contributed by atoms with Crippen LogP contribution in [0.3, 0.4) is 0 Å². The summed E-state index contributed by atoms with van der Waals surface area (Å²) in [4.78, 5) is 35.9. The lowest BCUT2D eigenvalue weighted by atomic mass is 9.78. The molecule has 1 aromatic heterocycles. The number of pyridine rings is 1. The minimum atomic E-state index is -0.735. The number of rotatable bonds is 9. The summed E-state index contributed by atoms with van der Waals surface area (Å²) < 4.78 is 5.80. The monoisotopic (exact) mass is 492 g/mol. The van der Waals surface area contributed by atoms with E-state index in [-0.39, 0.29) is 17.7 Å². The SMILES string of the molecule is CCCCN1C(=O)[C@@H]([C@H](C)C(C)C)NC(=O)C12CCN(Cc1ccc(Oc3ccccc3)nc1)CC2. The lowest BCUT2D eigenvalue weighted by Crippen LogP contribution is -2.74. The van der Waals surface area contributed by atoms with Gasteiger partial charge in [0.15, 0.2) is 0 Å². The van der Waals surface area contributed by atoms with Gasteiger partial charge in [0.2, 0.25) is 17.7 Å². The minimum absolute atomic E-state index is 0.0273. The van der Waals surface area contributed by atoms with Crippen molar-refractivity contribution in [3.63, 3.8) is 0 Å². The Labute approximate surface area is 215 Å². The van der Waals surface area contributed by atoms with Crippen LogP contribution in [-0.2, 0) is 16.1 Å². The van der Waals surface area contributed by atoms with E-state index >= 15 is 0 Å². The van der Waals surface area contributed by atoms with E-state index in [9.17, 15) is 9.59 Å². The third kappa shape index (κ3) is 5.56. The summed E-state index contributed by atoms with van der Waals surface area (Å²) in [6, 6.07) is 13.1. The number of hydrogen-bond donors (Lipinski definition) is 1. The molecular formula is C29H40N4O3. The van der Waals surface area contributed by atoms with Crippen molar-refractivity contribution in [1.29, 1.82) is 0 Å². The van der Waals surface area contributed by atoms with Crippen LogP contribution in [0, 0.1) is 11.8 Å². The highest BCUT2D eigenvalue weighted by atomic mass is 16.5. The number of carbonyl (C=O) groups excluding carboxylic acids is 2. The Morgan fingerprint density at radius 2 is 1.81 bits per heavy atom. The van der Waals surface area contributed by atoms with E-state index in [1.165, 1.54) is 0 Å². The number of piperazine rings is 1. The Morgan fingerprint density at radius 1 is 1.08 bits per heavy atom. The van der Waals surface area contributed by atoms with Crippen molar-refractivity contribution in [1.82, 2.24) is 20.1 Å². The number of hydrogen-bond acceptors (Lipinski definition) is 5. The Kier molecular flexibility index (Phi) is 8.29. The van der Waals surface area contributed by atoms with Gasteiger partial charge in [0.1, 0.15) is 17.3 Å². The van der Waals surface area contributed by atoms with Crippen molar-refractivity contribution in [3.05, 3.63) is 54.2 Å². The van der Waals surface area contributed by atoms with E-state index in [0.29, 0.717) is 31.2 Å². The highest BCUT2D eigenvalue weighted by Crippen LogP contribution is 2.35. The van der Waals surface area contributed by atoms with E-state index in [2.05, 4.69) is 42.9 Å². The van der Waals surface area contributed by atoms with Gasteiger partial charge >= 0.3 is 0 Å². The highest BCUT2D eigenvalue weighted by molar-refractivity contribution is 6.00. The third-order valence-corrected chi connectivity index (χ3v) is 7.92. The predicted octanol–water partition coefficient (Wildman–Crippen LogP) is 4.63. The van der Waals surface area contributed by atoms with Gasteiger partial charge < -0.3 is 15.0 Å². The summed E-state index contributed by atoms with van der Waals surface area (Å²) in [6.45, 7) is 11.3. The molecule has 2 fully saturated rings. The largest absolute Gasteiger partial charge is 0.439 e. The number of unbranched alkanes of at least 4 members (excludes halogenated alkanes) is 1. The standard InChI is InChI=1S/C29H40N4O3/c1-5-6-16-33-27(34)26(22(4)21(2)3)31-28(35)29(33)14-17-32(18-15-29)20-23-12-13-25(30-19-23)36-24-10-8-7-9-11-24/h7-13,19,21-22,26H,5-6,14-18,20H2,1-4H3,(H,31,35)/t22-,26-/m1/s1. The maximum absolute atomic E-state index is 13.6. The van der Waals surface area contributed by atoms with Crippen LogP contribution in [0.25, 0.3) is 0 Å². The van der Waals surface area contributed by atoms with Crippen molar-refractivity contribution in [3.8, 4) is 11.6 Å². The zero-order valence-electron chi connectivity index (χ0n) is 22.1. The molecule has 0 radical (unpaired) electrons. The van der Waals surface area contributed by atoms with Gasteiger partial charge in [0, 0.05) is 38.4 Å². The quantitative estimate of drug-likeness (QED) is 0.553. The second kappa shape index (κ2) is 11.4. The van der Waals surface area contributed by atoms with E-state index in [1.807, 2.05) is 53.6 Å². The molecule has 2 aliphatic heterocycles. The van der Waals surface area contributed by atoms with Gasteiger partial charge in [-0.2, -0.15) is 0 Å². The Morgan fingerprint density at radius 3 is 2.42 bits per heavy atom. The van der Waals surface area contributed by atoms with Gasteiger partial charge in [0.25, 0.3) is 0 Å². The number of nitrogens with one attached hydrogen (secondary N) is 1. The predicted molar refractivity (Wildman–Crippen MR) is 141 cm³/mol. The number of ether oxygens (including phenoxy) is 1. The van der Waals surface area contributed by atoms with E-state index in [1.54, 1.807) is 0 Å². The first-order valence-electron chi connectivity index (χ1n) is 13.4. The molecule has 3 heterocycles. The number of para-hydroxylation sites is 1. The number of aromatic nitrogens is 1. The van der Waals surface area contributed by atoms with Gasteiger partial charge in [0.05, 0.1) is 0 Å². The Hall–Kier alpha value is -2.93. The zero-order chi connectivity index (χ0) is 25.7. The average Bonchev–Trinajstić information content (AvgIpc) is 2.89. The second-order valence-corrected chi connectivity index (χ2v) is 10.6. The fourth-order valence-corrected chi connectivity index (χ4v) is 5.23. The molecule has 36 heavy (non-hydrogen) atoms. The molecule has 0 bridgehead atoms. The first kappa shape index (κ1) is 26.1. The van der Waals surface area contributed by atoms with E-state index in [0.717, 1.165) is 43.8 Å².